The first kappa shape index (κ1) is 23.6. The summed E-state index contributed by atoms with van der Waals surface area (Å²) in [6.45, 7) is 0. The monoisotopic (exact) mass is 523 g/mol. The summed E-state index contributed by atoms with van der Waals surface area (Å²) < 4.78 is 0. The molecular formula is C17H17N9O5S3. The van der Waals surface area contributed by atoms with Gasteiger partial charge in [-0.1, -0.05) is 5.16 Å². The molecule has 2 aliphatic heterocycles. The molecule has 4 rings (SSSR count). The molecule has 1 saturated heterocycles. The predicted molar refractivity (Wildman–Crippen MR) is 127 cm³/mol. The molecule has 0 radical (unpaired) electrons. The number of carbonyl (C=O) groups excluding carboxylic acids is 2. The van der Waals surface area contributed by atoms with E-state index in [-0.39, 0.29) is 39.8 Å². The number of carboxylic acids is 1. The quantitative estimate of drug-likeness (QED) is 0.116. The molecule has 1 fully saturated rings. The lowest BCUT2D eigenvalue weighted by Crippen LogP contribution is -2.71. The SMILES string of the molecule is Nc1cc(CSC2=C(C(=O)O)N3C(=O)C(NC(=O)/C(=N/O)c4csc(N)n4)[C@H]3SC2)nc(N)n1. The van der Waals surface area contributed by atoms with Gasteiger partial charge in [0.05, 0.1) is 5.69 Å². The van der Waals surface area contributed by atoms with Gasteiger partial charge in [0.2, 0.25) is 5.95 Å². The standard InChI is InChI=1S/C17H17N9O5S3/c18-8-1-5(21-16(19)23-8)2-32-7-4-33-14-10(13(28)26(14)11(7)15(29)30)24-12(27)9(25-31)6-3-34-17(20)22-6/h1,3,10,14,31H,2,4H2,(H2,20,22)(H,24,27)(H,29,30)(H4,18,19,21,23)/b25-9+/t10?,14-/m1/s1. The largest absolute Gasteiger partial charge is 0.477 e. The Balaban J connectivity index is 1.48. The van der Waals surface area contributed by atoms with Crippen LogP contribution in [0.5, 0.6) is 0 Å². The second-order valence-electron chi connectivity index (χ2n) is 6.89. The van der Waals surface area contributed by atoms with E-state index < -0.39 is 34.9 Å². The number of carboxylic acid groups (broad SMARTS) is 1. The minimum absolute atomic E-state index is 0.00347. The summed E-state index contributed by atoms with van der Waals surface area (Å²) in [7, 11) is 0. The van der Waals surface area contributed by atoms with Gasteiger partial charge in [0.1, 0.15) is 28.6 Å². The summed E-state index contributed by atoms with van der Waals surface area (Å²) in [6, 6.07) is 0.521. The Morgan fingerprint density at radius 3 is 2.68 bits per heavy atom. The van der Waals surface area contributed by atoms with Crippen molar-refractivity contribution < 1.29 is 24.7 Å². The van der Waals surface area contributed by atoms with Gasteiger partial charge >= 0.3 is 5.97 Å². The van der Waals surface area contributed by atoms with Crippen molar-refractivity contribution in [3.8, 4) is 0 Å². The van der Waals surface area contributed by atoms with Crippen molar-refractivity contribution in [2.75, 3.05) is 23.0 Å². The van der Waals surface area contributed by atoms with Crippen LogP contribution in [0, 0.1) is 0 Å². The fourth-order valence-corrected chi connectivity index (χ4v) is 6.37. The molecule has 2 atom stereocenters. The summed E-state index contributed by atoms with van der Waals surface area (Å²) in [5.41, 5.74) is 16.8. The minimum atomic E-state index is -1.27. The number of hydrogen-bond donors (Lipinski definition) is 6. The molecule has 17 heteroatoms. The van der Waals surface area contributed by atoms with Gasteiger partial charge in [-0.2, -0.15) is 4.98 Å². The van der Waals surface area contributed by atoms with E-state index in [4.69, 9.17) is 17.2 Å². The van der Waals surface area contributed by atoms with Crippen molar-refractivity contribution in [2.24, 2.45) is 5.16 Å². The number of amides is 2. The molecule has 1 unspecified atom stereocenters. The van der Waals surface area contributed by atoms with Crippen LogP contribution in [0.4, 0.5) is 16.9 Å². The number of oxime groups is 1. The van der Waals surface area contributed by atoms with Crippen molar-refractivity contribution in [3.05, 3.63) is 33.4 Å². The number of aliphatic carboxylic acids is 1. The van der Waals surface area contributed by atoms with Crippen LogP contribution in [0.25, 0.3) is 0 Å². The van der Waals surface area contributed by atoms with Crippen molar-refractivity contribution in [1.29, 1.82) is 0 Å². The topological polar surface area (TPSA) is 236 Å². The van der Waals surface area contributed by atoms with Crippen LogP contribution in [-0.2, 0) is 20.1 Å². The highest BCUT2D eigenvalue weighted by atomic mass is 32.2. The summed E-state index contributed by atoms with van der Waals surface area (Å²) in [6.07, 6.45) is 0. The number of thioether (sulfide) groups is 2. The summed E-state index contributed by atoms with van der Waals surface area (Å²) in [5, 5.41) is 25.4. The molecule has 2 amide bonds. The fraction of sp³-hybridized carbons (Fsp3) is 0.235. The van der Waals surface area contributed by atoms with E-state index in [0.717, 1.165) is 16.2 Å². The van der Waals surface area contributed by atoms with Crippen molar-refractivity contribution >= 4 is 75.3 Å². The van der Waals surface area contributed by atoms with Crippen LogP contribution in [0.15, 0.2) is 27.2 Å². The number of nitrogens with one attached hydrogen (secondary N) is 1. The molecule has 0 bridgehead atoms. The van der Waals surface area contributed by atoms with Gasteiger partial charge in [-0.25, -0.2) is 14.8 Å². The number of aromatic nitrogens is 3. The number of rotatable bonds is 7. The molecule has 2 aromatic heterocycles. The highest BCUT2D eigenvalue weighted by Gasteiger charge is 2.54. The lowest BCUT2D eigenvalue weighted by molar-refractivity contribution is -0.150. The third-order valence-electron chi connectivity index (χ3n) is 4.71. The number of nitrogens with zero attached hydrogens (tertiary/aromatic N) is 5. The zero-order valence-corrected chi connectivity index (χ0v) is 19.5. The molecule has 178 valence electrons. The van der Waals surface area contributed by atoms with Gasteiger partial charge in [-0.05, 0) is 0 Å². The molecule has 34 heavy (non-hydrogen) atoms. The molecule has 14 nitrogen and oxygen atoms in total. The number of thiazole rings is 1. The van der Waals surface area contributed by atoms with Gasteiger partial charge in [-0.3, -0.25) is 14.5 Å². The molecule has 2 aromatic rings. The average Bonchev–Trinajstić information content (AvgIpc) is 3.20. The van der Waals surface area contributed by atoms with E-state index in [0.29, 0.717) is 10.6 Å². The maximum Gasteiger partial charge on any atom is 0.353 e. The molecule has 0 aromatic carbocycles. The molecule has 2 aliphatic rings. The average molecular weight is 524 g/mol. The second kappa shape index (κ2) is 9.35. The van der Waals surface area contributed by atoms with Crippen molar-refractivity contribution in [3.63, 3.8) is 0 Å². The zero-order chi connectivity index (χ0) is 24.6. The number of nitrogen functional groups attached to an aromatic ring is 3. The van der Waals surface area contributed by atoms with Crippen LogP contribution < -0.4 is 22.5 Å². The van der Waals surface area contributed by atoms with E-state index in [1.165, 1.54) is 35.0 Å². The third-order valence-corrected chi connectivity index (χ3v) is 7.98. The lowest BCUT2D eigenvalue weighted by Gasteiger charge is -2.49. The smallest absolute Gasteiger partial charge is 0.353 e. The highest BCUT2D eigenvalue weighted by Crippen LogP contribution is 2.44. The number of nitrogens with two attached hydrogens (primary N) is 3. The maximum absolute atomic E-state index is 12.8. The first-order valence-electron chi connectivity index (χ1n) is 9.36. The minimum Gasteiger partial charge on any atom is -0.477 e. The Labute approximate surface area is 203 Å². The van der Waals surface area contributed by atoms with Crippen LogP contribution in [-0.4, -0.2) is 70.8 Å². The number of fused-ring (bicyclic) bond motifs is 1. The van der Waals surface area contributed by atoms with Gasteiger partial charge in [-0.15, -0.1) is 34.9 Å². The highest BCUT2D eigenvalue weighted by molar-refractivity contribution is 8.05. The van der Waals surface area contributed by atoms with E-state index in [1.54, 1.807) is 0 Å². The second-order valence-corrected chi connectivity index (χ2v) is 9.95. The van der Waals surface area contributed by atoms with Crippen molar-refractivity contribution in [2.45, 2.75) is 17.2 Å². The molecule has 4 heterocycles. The van der Waals surface area contributed by atoms with Crippen LogP contribution in [0.1, 0.15) is 11.4 Å². The van der Waals surface area contributed by atoms with E-state index in [9.17, 15) is 24.7 Å². The Morgan fingerprint density at radius 1 is 1.29 bits per heavy atom. The normalized spacial score (nSPS) is 20.1. The Morgan fingerprint density at radius 2 is 2.06 bits per heavy atom. The predicted octanol–water partition coefficient (Wildman–Crippen LogP) is -0.512. The number of hydrogen-bond acceptors (Lipinski definition) is 14. The molecule has 9 N–H and O–H groups in total. The molecular weight excluding hydrogens is 506 g/mol. The third kappa shape index (κ3) is 4.44. The number of carbonyl (C=O) groups is 3. The van der Waals surface area contributed by atoms with Gasteiger partial charge < -0.3 is 32.8 Å². The van der Waals surface area contributed by atoms with Crippen LogP contribution in [0.2, 0.25) is 0 Å². The maximum atomic E-state index is 12.8. The van der Waals surface area contributed by atoms with E-state index in [2.05, 4.69) is 25.4 Å². The van der Waals surface area contributed by atoms with Gasteiger partial charge in [0, 0.05) is 27.9 Å². The van der Waals surface area contributed by atoms with Gasteiger partial charge in [0.25, 0.3) is 11.8 Å². The zero-order valence-electron chi connectivity index (χ0n) is 17.0. The molecule has 0 saturated carbocycles. The summed E-state index contributed by atoms with van der Waals surface area (Å²) >= 11 is 3.53. The fourth-order valence-electron chi connectivity index (χ4n) is 3.30. The number of anilines is 3. The van der Waals surface area contributed by atoms with Crippen molar-refractivity contribution in [1.82, 2.24) is 25.2 Å². The van der Waals surface area contributed by atoms with Crippen LogP contribution in [0.3, 0.4) is 0 Å². The Hall–Kier alpha value is -3.57. The first-order chi connectivity index (χ1) is 16.2. The van der Waals surface area contributed by atoms with Crippen LogP contribution >= 0.6 is 34.9 Å². The Kier molecular flexibility index (Phi) is 6.49. The molecule has 0 spiro atoms. The Bertz CT molecular complexity index is 1230. The number of β-lactam (4-membered cyclic amide) rings is 1. The first-order valence-corrected chi connectivity index (χ1v) is 12.3. The summed E-state index contributed by atoms with van der Waals surface area (Å²) in [4.78, 5) is 50.7. The summed E-state index contributed by atoms with van der Waals surface area (Å²) in [5.74, 6) is -1.97. The van der Waals surface area contributed by atoms with E-state index in [1.807, 2.05) is 0 Å². The van der Waals surface area contributed by atoms with E-state index >= 15 is 0 Å². The van der Waals surface area contributed by atoms with Gasteiger partial charge in [0.15, 0.2) is 10.8 Å². The molecule has 0 aliphatic carbocycles. The lowest BCUT2D eigenvalue weighted by atomic mass is 10.0.